The second-order valence-corrected chi connectivity index (χ2v) is 4.76. The van der Waals surface area contributed by atoms with Gasteiger partial charge in [-0.2, -0.15) is 0 Å². The molecule has 1 aliphatic rings. The van der Waals surface area contributed by atoms with Crippen LogP contribution in [0.4, 0.5) is 0 Å². The summed E-state index contributed by atoms with van der Waals surface area (Å²) in [6, 6.07) is 0. The Morgan fingerprint density at radius 1 is 1.45 bits per heavy atom. The number of hydrogen-bond donors (Lipinski definition) is 1. The van der Waals surface area contributed by atoms with Crippen LogP contribution in [0.5, 0.6) is 0 Å². The summed E-state index contributed by atoms with van der Waals surface area (Å²) in [5, 5.41) is 9.41. The molecule has 0 saturated heterocycles. The van der Waals surface area contributed by atoms with Crippen molar-refractivity contribution in [2.24, 2.45) is 11.3 Å². The zero-order valence-electron chi connectivity index (χ0n) is 7.93. The fourth-order valence-corrected chi connectivity index (χ4v) is 2.17. The third kappa shape index (κ3) is 2.48. The zero-order valence-corrected chi connectivity index (χ0v) is 7.93. The van der Waals surface area contributed by atoms with Crippen LogP contribution < -0.4 is 0 Å². The SMILES string of the molecule is C[C@H](O)C1CCCC(C)(C)C1. The Labute approximate surface area is 69.8 Å². The van der Waals surface area contributed by atoms with E-state index in [1.165, 1.54) is 25.7 Å². The molecule has 0 aliphatic heterocycles. The molecule has 1 saturated carbocycles. The maximum atomic E-state index is 9.41. The molecule has 0 aromatic heterocycles. The van der Waals surface area contributed by atoms with Crippen LogP contribution in [-0.2, 0) is 0 Å². The highest BCUT2D eigenvalue weighted by Gasteiger charge is 2.29. The highest BCUT2D eigenvalue weighted by atomic mass is 16.3. The van der Waals surface area contributed by atoms with Gasteiger partial charge in [-0.05, 0) is 37.5 Å². The predicted molar refractivity (Wildman–Crippen MR) is 47.4 cm³/mol. The lowest BCUT2D eigenvalue weighted by molar-refractivity contribution is 0.0588. The summed E-state index contributed by atoms with van der Waals surface area (Å²) in [6.45, 7) is 6.54. The van der Waals surface area contributed by atoms with Crippen molar-refractivity contribution >= 4 is 0 Å². The van der Waals surface area contributed by atoms with E-state index >= 15 is 0 Å². The molecule has 1 unspecified atom stereocenters. The van der Waals surface area contributed by atoms with Gasteiger partial charge in [-0.15, -0.1) is 0 Å². The second-order valence-electron chi connectivity index (χ2n) is 4.76. The number of hydrogen-bond acceptors (Lipinski definition) is 1. The highest BCUT2D eigenvalue weighted by molar-refractivity contribution is 4.81. The van der Waals surface area contributed by atoms with Crippen molar-refractivity contribution in [1.82, 2.24) is 0 Å². The van der Waals surface area contributed by atoms with Gasteiger partial charge in [0.1, 0.15) is 0 Å². The maximum Gasteiger partial charge on any atom is 0.0540 e. The Balaban J connectivity index is 2.46. The van der Waals surface area contributed by atoms with Crippen LogP contribution in [0.3, 0.4) is 0 Å². The first kappa shape index (κ1) is 9.05. The molecule has 66 valence electrons. The molecule has 1 nitrogen and oxygen atoms in total. The van der Waals surface area contributed by atoms with Crippen LogP contribution >= 0.6 is 0 Å². The standard InChI is InChI=1S/C10H20O/c1-8(11)9-5-4-6-10(2,3)7-9/h8-9,11H,4-7H2,1-3H3/t8-,9?/m0/s1. The Bertz CT molecular complexity index is 127. The van der Waals surface area contributed by atoms with Gasteiger partial charge in [0.25, 0.3) is 0 Å². The minimum Gasteiger partial charge on any atom is -0.393 e. The average molecular weight is 156 g/mol. The molecule has 0 bridgehead atoms. The molecule has 0 aromatic carbocycles. The molecule has 1 N–H and O–H groups in total. The number of aliphatic hydroxyl groups excluding tert-OH is 1. The molecule has 0 heterocycles. The van der Waals surface area contributed by atoms with E-state index in [0.717, 1.165) is 0 Å². The largest absolute Gasteiger partial charge is 0.393 e. The summed E-state index contributed by atoms with van der Waals surface area (Å²) in [6.07, 6.45) is 4.94. The molecule has 1 aliphatic carbocycles. The van der Waals surface area contributed by atoms with E-state index in [9.17, 15) is 5.11 Å². The first-order valence-electron chi connectivity index (χ1n) is 4.69. The fourth-order valence-electron chi connectivity index (χ4n) is 2.17. The van der Waals surface area contributed by atoms with Crippen molar-refractivity contribution in [1.29, 1.82) is 0 Å². The van der Waals surface area contributed by atoms with Gasteiger partial charge in [0.2, 0.25) is 0 Å². The molecular weight excluding hydrogens is 136 g/mol. The predicted octanol–water partition coefficient (Wildman–Crippen LogP) is 2.58. The molecule has 2 atom stereocenters. The third-order valence-electron chi connectivity index (χ3n) is 2.93. The van der Waals surface area contributed by atoms with Gasteiger partial charge >= 0.3 is 0 Å². The van der Waals surface area contributed by atoms with Gasteiger partial charge in [0, 0.05) is 0 Å². The Morgan fingerprint density at radius 3 is 2.45 bits per heavy atom. The molecule has 11 heavy (non-hydrogen) atoms. The van der Waals surface area contributed by atoms with Gasteiger partial charge in [-0.3, -0.25) is 0 Å². The van der Waals surface area contributed by atoms with Crippen LogP contribution in [-0.4, -0.2) is 11.2 Å². The van der Waals surface area contributed by atoms with Crippen LogP contribution in [0.2, 0.25) is 0 Å². The lowest BCUT2D eigenvalue weighted by Crippen LogP contribution is -2.28. The Hall–Kier alpha value is -0.0400. The molecule has 0 aromatic rings. The zero-order chi connectivity index (χ0) is 8.48. The summed E-state index contributed by atoms with van der Waals surface area (Å²) in [5.41, 5.74) is 0.472. The molecule has 0 radical (unpaired) electrons. The molecule has 0 amide bonds. The molecule has 1 fully saturated rings. The lowest BCUT2D eigenvalue weighted by atomic mass is 9.71. The number of rotatable bonds is 1. The quantitative estimate of drug-likeness (QED) is 0.618. The molecule has 1 heteroatoms. The van der Waals surface area contributed by atoms with Crippen LogP contribution in [0.1, 0.15) is 46.5 Å². The van der Waals surface area contributed by atoms with Crippen molar-refractivity contribution in [2.45, 2.75) is 52.6 Å². The van der Waals surface area contributed by atoms with Crippen LogP contribution in [0.25, 0.3) is 0 Å². The van der Waals surface area contributed by atoms with E-state index in [-0.39, 0.29) is 6.10 Å². The van der Waals surface area contributed by atoms with Crippen molar-refractivity contribution < 1.29 is 5.11 Å². The number of aliphatic hydroxyl groups is 1. The van der Waals surface area contributed by atoms with E-state index in [1.807, 2.05) is 6.92 Å². The summed E-state index contributed by atoms with van der Waals surface area (Å²) in [4.78, 5) is 0. The van der Waals surface area contributed by atoms with Gasteiger partial charge in [-0.1, -0.05) is 20.3 Å². The first-order chi connectivity index (χ1) is 5.01. The van der Waals surface area contributed by atoms with Crippen molar-refractivity contribution in [3.8, 4) is 0 Å². The summed E-state index contributed by atoms with van der Waals surface area (Å²) >= 11 is 0. The normalized spacial score (nSPS) is 33.3. The van der Waals surface area contributed by atoms with Gasteiger partial charge in [0.05, 0.1) is 6.10 Å². The van der Waals surface area contributed by atoms with E-state index in [0.29, 0.717) is 11.3 Å². The summed E-state index contributed by atoms with van der Waals surface area (Å²) in [5.74, 6) is 0.554. The molecular formula is C10H20O. The van der Waals surface area contributed by atoms with Crippen molar-refractivity contribution in [3.05, 3.63) is 0 Å². The minimum absolute atomic E-state index is 0.102. The van der Waals surface area contributed by atoms with Crippen molar-refractivity contribution in [3.63, 3.8) is 0 Å². The van der Waals surface area contributed by atoms with Crippen LogP contribution in [0.15, 0.2) is 0 Å². The average Bonchev–Trinajstić information content (AvgIpc) is 1.85. The van der Waals surface area contributed by atoms with E-state index < -0.39 is 0 Å². The highest BCUT2D eigenvalue weighted by Crippen LogP contribution is 2.39. The monoisotopic (exact) mass is 156 g/mol. The molecule has 0 spiro atoms. The topological polar surface area (TPSA) is 20.2 Å². The third-order valence-corrected chi connectivity index (χ3v) is 2.93. The maximum absolute atomic E-state index is 9.41. The van der Waals surface area contributed by atoms with Crippen LogP contribution in [0, 0.1) is 11.3 Å². The Morgan fingerprint density at radius 2 is 2.09 bits per heavy atom. The molecule has 1 rings (SSSR count). The smallest absolute Gasteiger partial charge is 0.0540 e. The van der Waals surface area contributed by atoms with Crippen molar-refractivity contribution in [2.75, 3.05) is 0 Å². The van der Waals surface area contributed by atoms with Gasteiger partial charge in [0.15, 0.2) is 0 Å². The first-order valence-corrected chi connectivity index (χ1v) is 4.69. The fraction of sp³-hybridized carbons (Fsp3) is 1.00. The van der Waals surface area contributed by atoms with Gasteiger partial charge in [-0.25, -0.2) is 0 Å². The summed E-state index contributed by atoms with van der Waals surface area (Å²) in [7, 11) is 0. The summed E-state index contributed by atoms with van der Waals surface area (Å²) < 4.78 is 0. The van der Waals surface area contributed by atoms with Gasteiger partial charge < -0.3 is 5.11 Å². The lowest BCUT2D eigenvalue weighted by Gasteiger charge is -2.36. The van der Waals surface area contributed by atoms with E-state index in [4.69, 9.17) is 0 Å². The Kier molecular flexibility index (Phi) is 2.58. The van der Waals surface area contributed by atoms with E-state index in [2.05, 4.69) is 13.8 Å². The van der Waals surface area contributed by atoms with E-state index in [1.54, 1.807) is 0 Å². The minimum atomic E-state index is -0.102. The second kappa shape index (κ2) is 3.14.